The van der Waals surface area contributed by atoms with Gasteiger partial charge in [0.1, 0.15) is 5.69 Å². The minimum Gasteiger partial charge on any atom is -0.372 e. The molecule has 3 aromatic heterocycles. The van der Waals surface area contributed by atoms with Gasteiger partial charge >= 0.3 is 6.03 Å². The molecule has 6 heterocycles. The van der Waals surface area contributed by atoms with Crippen LogP contribution >= 0.6 is 0 Å². The Bertz CT molecular complexity index is 2630. The fraction of sp³-hybridized carbons (Fsp3) is 0.396. The van der Waals surface area contributed by atoms with Crippen LogP contribution in [-0.4, -0.2) is 100 Å². The second-order valence-electron chi connectivity index (χ2n) is 18.2. The molecule has 0 aliphatic carbocycles. The van der Waals surface area contributed by atoms with E-state index in [0.717, 1.165) is 109 Å². The van der Waals surface area contributed by atoms with Gasteiger partial charge in [-0.15, -0.1) is 0 Å². The van der Waals surface area contributed by atoms with Gasteiger partial charge in [0.25, 0.3) is 11.7 Å². The molecule has 3 fully saturated rings. The van der Waals surface area contributed by atoms with Crippen LogP contribution in [0.3, 0.4) is 0 Å². The Morgan fingerprint density at radius 1 is 0.857 bits per heavy atom. The summed E-state index contributed by atoms with van der Waals surface area (Å²) in [5.74, 6) is 0.511. The topological polar surface area (TPSA) is 169 Å². The van der Waals surface area contributed by atoms with Crippen molar-refractivity contribution in [2.75, 3.05) is 67.1 Å². The average Bonchev–Trinajstić information content (AvgIpc) is 3.96. The van der Waals surface area contributed by atoms with E-state index in [0.29, 0.717) is 24.8 Å². The van der Waals surface area contributed by atoms with Gasteiger partial charge in [-0.2, -0.15) is 10.1 Å². The molecule has 0 radical (unpaired) electrons. The number of urea groups is 1. The second kappa shape index (κ2) is 17.3. The molecule has 6 aromatic rings. The van der Waals surface area contributed by atoms with Gasteiger partial charge in [-0.3, -0.25) is 29.8 Å². The Hall–Kier alpha value is -6.61. The Kier molecular flexibility index (Phi) is 11.4. The van der Waals surface area contributed by atoms with Gasteiger partial charge in [-0.1, -0.05) is 50.2 Å². The van der Waals surface area contributed by atoms with Crippen molar-refractivity contribution in [3.63, 3.8) is 0 Å². The molecule has 15 heteroatoms. The van der Waals surface area contributed by atoms with Crippen molar-refractivity contribution in [1.82, 2.24) is 40.9 Å². The van der Waals surface area contributed by atoms with Gasteiger partial charge in [0.15, 0.2) is 5.65 Å². The summed E-state index contributed by atoms with van der Waals surface area (Å²) < 4.78 is 5.32. The third-order valence-electron chi connectivity index (χ3n) is 12.7. The van der Waals surface area contributed by atoms with Gasteiger partial charge in [0.05, 0.1) is 6.04 Å². The minimum absolute atomic E-state index is 0.0232. The quantitative estimate of drug-likeness (QED) is 0.127. The lowest BCUT2D eigenvalue weighted by molar-refractivity contribution is -0.120. The fourth-order valence-electron chi connectivity index (χ4n) is 9.01. The predicted octanol–water partition coefficient (Wildman–Crippen LogP) is 7.26. The number of nitrogens with zero attached hydrogens (tertiary/aromatic N) is 8. The van der Waals surface area contributed by atoms with E-state index >= 15 is 0 Å². The molecule has 3 aromatic carbocycles. The van der Waals surface area contributed by atoms with Gasteiger partial charge in [0.2, 0.25) is 11.8 Å². The summed E-state index contributed by atoms with van der Waals surface area (Å²) in [5.41, 5.74) is 9.51. The molecule has 9 rings (SSSR count). The second-order valence-corrected chi connectivity index (χ2v) is 18.2. The number of anilines is 3. The van der Waals surface area contributed by atoms with Crippen LogP contribution in [-0.2, 0) is 10.2 Å². The van der Waals surface area contributed by atoms with E-state index in [1.54, 1.807) is 4.90 Å². The van der Waals surface area contributed by atoms with Gasteiger partial charge in [0, 0.05) is 104 Å². The molecule has 1 atom stereocenters. The van der Waals surface area contributed by atoms with Crippen LogP contribution in [0, 0.1) is 12.8 Å². The molecule has 326 valence electrons. The number of benzene rings is 3. The van der Waals surface area contributed by atoms with Crippen molar-refractivity contribution in [2.24, 2.45) is 5.92 Å². The maximum Gasteiger partial charge on any atom is 0.328 e. The lowest BCUT2D eigenvalue weighted by Gasteiger charge is -2.40. The molecule has 3 N–H and O–H groups in total. The maximum absolute atomic E-state index is 13.0. The van der Waals surface area contributed by atoms with E-state index in [1.807, 2.05) is 65.1 Å². The van der Waals surface area contributed by atoms with Gasteiger partial charge in [-0.05, 0) is 97.8 Å². The van der Waals surface area contributed by atoms with E-state index in [-0.39, 0.29) is 35.1 Å². The summed E-state index contributed by atoms with van der Waals surface area (Å²) in [6.07, 6.45) is 4.55. The Labute approximate surface area is 367 Å². The molecule has 3 aliphatic heterocycles. The number of imide groups is 1. The lowest BCUT2D eigenvalue weighted by atomic mass is 9.95. The number of hydrogen-bond donors (Lipinski definition) is 3. The number of piperidine rings is 1. The summed E-state index contributed by atoms with van der Waals surface area (Å²) in [5, 5.41) is 18.1. The average molecular weight is 850 g/mol. The van der Waals surface area contributed by atoms with Crippen molar-refractivity contribution < 1.29 is 18.9 Å². The summed E-state index contributed by atoms with van der Waals surface area (Å²) in [6, 6.07) is 24.6. The predicted molar refractivity (Wildman–Crippen MR) is 244 cm³/mol. The number of amides is 4. The number of H-pyrrole nitrogens is 1. The third kappa shape index (κ3) is 9.01. The van der Waals surface area contributed by atoms with Crippen LogP contribution in [0.2, 0.25) is 0 Å². The number of aromatic nitrogens is 5. The first-order chi connectivity index (χ1) is 30.4. The Morgan fingerprint density at radius 3 is 2.32 bits per heavy atom. The lowest BCUT2D eigenvalue weighted by Crippen LogP contribution is -2.49. The molecule has 0 saturated carbocycles. The molecule has 63 heavy (non-hydrogen) atoms. The van der Waals surface area contributed by atoms with Crippen LogP contribution in [0.25, 0.3) is 33.4 Å². The van der Waals surface area contributed by atoms with Crippen molar-refractivity contribution >= 4 is 45.9 Å². The molecule has 4 amide bonds. The van der Waals surface area contributed by atoms with E-state index < -0.39 is 0 Å². The van der Waals surface area contributed by atoms with Crippen molar-refractivity contribution in [3.8, 4) is 22.4 Å². The monoisotopic (exact) mass is 849 g/mol. The van der Waals surface area contributed by atoms with Crippen LogP contribution in [0.1, 0.15) is 80.6 Å². The van der Waals surface area contributed by atoms with E-state index in [4.69, 9.17) is 9.51 Å². The minimum atomic E-state index is -0.383. The number of aromatic amines is 1. The molecule has 3 saturated heterocycles. The van der Waals surface area contributed by atoms with E-state index in [2.05, 4.69) is 94.2 Å². The number of nitrogens with one attached hydrogen (secondary N) is 3. The normalized spacial score (nSPS) is 17.3. The van der Waals surface area contributed by atoms with Crippen LogP contribution in [0.4, 0.5) is 21.9 Å². The third-order valence-corrected chi connectivity index (χ3v) is 12.7. The van der Waals surface area contributed by atoms with Crippen molar-refractivity contribution in [3.05, 3.63) is 102 Å². The smallest absolute Gasteiger partial charge is 0.328 e. The number of carbonyl (C=O) groups is 3. The molecular formula is C48H55N11O4. The molecule has 0 spiro atoms. The van der Waals surface area contributed by atoms with Crippen LogP contribution < -0.4 is 25.3 Å². The highest BCUT2D eigenvalue weighted by Crippen LogP contribution is 2.33. The highest BCUT2D eigenvalue weighted by atomic mass is 16.5. The molecule has 3 aliphatic rings. The van der Waals surface area contributed by atoms with E-state index in [9.17, 15) is 14.4 Å². The molecule has 0 unspecified atom stereocenters. The maximum atomic E-state index is 13.0. The first-order valence-corrected chi connectivity index (χ1v) is 22.0. The highest BCUT2D eigenvalue weighted by molar-refractivity contribution is 6.05. The zero-order chi connectivity index (χ0) is 43.8. The SMILES string of the molecule is Cc1cc(-c2n[nH]c3ncc(-c4cccc(N5CCN(CC6CCN(c7ccc(N8CCC(=O)NC8=O)cc7)CC6)CC5)c4)cc23)ccc1[C@@H](C)NC(=O)c1noc(C(C)(C)C)n1. The van der Waals surface area contributed by atoms with Crippen LogP contribution in [0.15, 0.2) is 83.5 Å². The Balaban J connectivity index is 0.788. The summed E-state index contributed by atoms with van der Waals surface area (Å²) >= 11 is 0. The van der Waals surface area contributed by atoms with Gasteiger partial charge in [-0.25, -0.2) is 9.78 Å². The summed E-state index contributed by atoms with van der Waals surface area (Å²) in [7, 11) is 0. The van der Waals surface area contributed by atoms with E-state index in [1.165, 1.54) is 11.4 Å². The molecular weight excluding hydrogens is 795 g/mol. The zero-order valence-corrected chi connectivity index (χ0v) is 36.6. The number of pyridine rings is 1. The number of fused-ring (bicyclic) bond motifs is 1. The Morgan fingerprint density at radius 2 is 1.60 bits per heavy atom. The summed E-state index contributed by atoms with van der Waals surface area (Å²) in [6.45, 7) is 17.5. The fourth-order valence-corrected chi connectivity index (χ4v) is 9.01. The first kappa shape index (κ1) is 41.7. The number of hydrogen-bond acceptors (Lipinski definition) is 11. The number of rotatable bonds is 10. The number of carbonyl (C=O) groups excluding carboxylic acids is 3. The number of piperazine rings is 1. The largest absolute Gasteiger partial charge is 0.372 e. The highest BCUT2D eigenvalue weighted by Gasteiger charge is 2.28. The zero-order valence-electron chi connectivity index (χ0n) is 36.6. The summed E-state index contributed by atoms with van der Waals surface area (Å²) in [4.78, 5) is 55.1. The molecule has 15 nitrogen and oxygen atoms in total. The van der Waals surface area contributed by atoms with Crippen molar-refractivity contribution in [2.45, 2.75) is 65.3 Å². The molecule has 0 bridgehead atoms. The van der Waals surface area contributed by atoms with Crippen molar-refractivity contribution in [1.29, 1.82) is 0 Å². The number of aryl methyl sites for hydroxylation is 1. The van der Waals surface area contributed by atoms with Crippen LogP contribution in [0.5, 0.6) is 0 Å². The first-order valence-electron chi connectivity index (χ1n) is 22.0. The standard InChI is InChI=1S/C48H55N11O4/c1-30-25-34(9-14-39(30)31(2)50-45(61)44-52-46(63-55-44)48(3,4)5)42-40-27-35(28-49-43(40)54-53-42)33-7-6-8-38(26-33)58-23-21-56(22-24-58)29-32-15-18-57(19-16-32)36-10-12-37(13-11-36)59-20-17-41(60)51-47(59)62/h6-14,25-28,31-32H,15-24,29H2,1-5H3,(H,50,61)(H,49,53,54)(H,51,60,62)/t31-/m1/s1. The van der Waals surface area contributed by atoms with Gasteiger partial charge < -0.3 is 19.6 Å².